The highest BCUT2D eigenvalue weighted by atomic mass is 16.5. The Balaban J connectivity index is 3.37. The van der Waals surface area contributed by atoms with Gasteiger partial charge in [0.05, 0.1) is 25.4 Å². The van der Waals surface area contributed by atoms with E-state index >= 15 is 0 Å². The molecule has 0 spiro atoms. The number of esters is 1. The van der Waals surface area contributed by atoms with E-state index in [1.54, 1.807) is 0 Å². The Morgan fingerprint density at radius 2 is 0.735 bits per heavy atom. The lowest BCUT2D eigenvalue weighted by atomic mass is 10.0. The number of ether oxygens (including phenoxy) is 1. The minimum absolute atomic E-state index is 0.00498. The monoisotopic (exact) mass is 956 g/mol. The van der Waals surface area contributed by atoms with Gasteiger partial charge in [-0.3, -0.25) is 9.59 Å². The smallest absolute Gasteiger partial charge is 0.305 e. The van der Waals surface area contributed by atoms with Gasteiger partial charge in [0.2, 0.25) is 5.91 Å². The van der Waals surface area contributed by atoms with Crippen LogP contribution in [0, 0.1) is 0 Å². The molecular weight excluding hydrogens is 839 g/mol. The number of aliphatic hydroxyl groups excluding tert-OH is 2. The molecular formula is C62H117NO5. The van der Waals surface area contributed by atoms with Gasteiger partial charge in [0.25, 0.3) is 0 Å². The molecule has 0 aromatic carbocycles. The summed E-state index contributed by atoms with van der Waals surface area (Å²) >= 11 is 0. The summed E-state index contributed by atoms with van der Waals surface area (Å²) in [6.07, 6.45) is 71.6. The Kier molecular flexibility index (Phi) is 56.0. The first-order valence-electron chi connectivity index (χ1n) is 30.2. The van der Waals surface area contributed by atoms with Crippen molar-refractivity contribution in [3.8, 4) is 0 Å². The number of amides is 1. The molecule has 0 saturated carbocycles. The molecule has 0 heterocycles. The molecule has 0 aliphatic rings. The minimum atomic E-state index is -0.665. The van der Waals surface area contributed by atoms with Gasteiger partial charge in [-0.15, -0.1) is 0 Å². The zero-order chi connectivity index (χ0) is 49.3. The summed E-state index contributed by atoms with van der Waals surface area (Å²) in [6, 6.07) is -0.543. The maximum absolute atomic E-state index is 12.4. The van der Waals surface area contributed by atoms with Crippen molar-refractivity contribution in [3.63, 3.8) is 0 Å². The summed E-state index contributed by atoms with van der Waals surface area (Å²) in [7, 11) is 0. The first-order chi connectivity index (χ1) is 33.5. The molecule has 0 aliphatic heterocycles. The van der Waals surface area contributed by atoms with Crippen LogP contribution >= 0.6 is 0 Å². The Morgan fingerprint density at radius 3 is 1.15 bits per heavy atom. The molecule has 0 saturated heterocycles. The number of hydrogen-bond donors (Lipinski definition) is 3. The molecule has 0 rings (SSSR count). The van der Waals surface area contributed by atoms with E-state index in [1.165, 1.54) is 238 Å². The second-order valence-electron chi connectivity index (χ2n) is 20.7. The summed E-state index contributed by atoms with van der Waals surface area (Å²) in [6.45, 7) is 4.92. The molecule has 1 amide bonds. The van der Waals surface area contributed by atoms with Gasteiger partial charge >= 0.3 is 5.97 Å². The number of nitrogens with one attached hydrogen (secondary N) is 1. The van der Waals surface area contributed by atoms with Gasteiger partial charge in [-0.05, 0) is 83.5 Å². The zero-order valence-corrected chi connectivity index (χ0v) is 45.6. The Hall–Kier alpha value is -1.92. The first kappa shape index (κ1) is 66.1. The van der Waals surface area contributed by atoms with Crippen molar-refractivity contribution in [3.05, 3.63) is 36.5 Å². The maximum atomic E-state index is 12.4. The highest BCUT2D eigenvalue weighted by molar-refractivity contribution is 5.76. The number of rotatable bonds is 56. The van der Waals surface area contributed by atoms with Crippen LogP contribution in [0.15, 0.2) is 36.5 Å². The molecule has 0 aromatic rings. The van der Waals surface area contributed by atoms with E-state index in [9.17, 15) is 19.8 Å². The predicted molar refractivity (Wildman–Crippen MR) is 296 cm³/mol. The molecule has 6 heteroatoms. The fourth-order valence-corrected chi connectivity index (χ4v) is 9.25. The maximum Gasteiger partial charge on any atom is 0.305 e. The van der Waals surface area contributed by atoms with Crippen LogP contribution in [-0.4, -0.2) is 47.4 Å². The van der Waals surface area contributed by atoms with E-state index in [0.29, 0.717) is 25.9 Å². The number of aliphatic hydroxyl groups is 2. The fraction of sp³-hybridized carbons (Fsp3) is 0.871. The van der Waals surface area contributed by atoms with Gasteiger partial charge in [0.15, 0.2) is 0 Å². The summed E-state index contributed by atoms with van der Waals surface area (Å²) in [5.74, 6) is -0.0369. The minimum Gasteiger partial charge on any atom is -0.466 e. The van der Waals surface area contributed by atoms with Crippen molar-refractivity contribution < 1.29 is 24.5 Å². The number of unbranched alkanes of at least 4 members (excludes halogenated alkanes) is 39. The molecule has 3 N–H and O–H groups in total. The third kappa shape index (κ3) is 53.4. The van der Waals surface area contributed by atoms with E-state index in [-0.39, 0.29) is 18.5 Å². The number of carbonyl (C=O) groups is 2. The van der Waals surface area contributed by atoms with Crippen LogP contribution in [0.2, 0.25) is 0 Å². The molecule has 2 atom stereocenters. The molecule has 0 bridgehead atoms. The standard InChI is InChI=1S/C62H117NO5/c1-3-5-7-9-11-13-14-15-16-17-27-30-33-36-40-44-48-52-56-62(67)68-57-53-49-45-41-37-34-31-28-25-23-21-19-18-20-22-24-26-29-32-35-39-43-47-51-55-61(66)63-59(58-64)60(65)54-50-46-42-38-12-10-8-6-4-2/h13-14,16-17,20,22,59-60,64-65H,3-12,15,18-19,21,23-58H2,1-2H3,(H,63,66)/b14-13-,17-16-,22-20-. The topological polar surface area (TPSA) is 95.9 Å². The van der Waals surface area contributed by atoms with Crippen molar-refractivity contribution in [1.29, 1.82) is 0 Å². The Labute approximate surface area is 424 Å². The normalized spacial score (nSPS) is 12.8. The van der Waals surface area contributed by atoms with E-state index in [4.69, 9.17) is 4.74 Å². The summed E-state index contributed by atoms with van der Waals surface area (Å²) in [4.78, 5) is 24.5. The number of allylic oxidation sites excluding steroid dienone is 6. The lowest BCUT2D eigenvalue weighted by molar-refractivity contribution is -0.143. The average molecular weight is 957 g/mol. The first-order valence-corrected chi connectivity index (χ1v) is 30.2. The largest absolute Gasteiger partial charge is 0.466 e. The Bertz CT molecular complexity index is 1100. The average Bonchev–Trinajstić information content (AvgIpc) is 3.34. The van der Waals surface area contributed by atoms with Crippen LogP contribution in [0.3, 0.4) is 0 Å². The quantitative estimate of drug-likeness (QED) is 0.0321. The van der Waals surface area contributed by atoms with Crippen molar-refractivity contribution >= 4 is 11.9 Å². The second kappa shape index (κ2) is 57.7. The van der Waals surface area contributed by atoms with Crippen LogP contribution in [0.5, 0.6) is 0 Å². The molecule has 0 radical (unpaired) electrons. The van der Waals surface area contributed by atoms with Gasteiger partial charge in [0, 0.05) is 12.8 Å². The molecule has 6 nitrogen and oxygen atoms in total. The van der Waals surface area contributed by atoms with Crippen molar-refractivity contribution in [2.45, 2.75) is 334 Å². The second-order valence-corrected chi connectivity index (χ2v) is 20.7. The fourth-order valence-electron chi connectivity index (χ4n) is 9.25. The van der Waals surface area contributed by atoms with Gasteiger partial charge in [-0.1, -0.05) is 262 Å². The van der Waals surface area contributed by atoms with Crippen LogP contribution < -0.4 is 5.32 Å². The zero-order valence-electron chi connectivity index (χ0n) is 45.6. The summed E-state index contributed by atoms with van der Waals surface area (Å²) in [5, 5.41) is 23.1. The SMILES string of the molecule is CCCCCC/C=C\C/C=C\CCCCCCCCCC(=O)OCCCCCCCCCCCCCC/C=C\CCCCCCCCCCC(=O)NC(CO)C(O)CCCCCCCCCCC. The molecule has 0 fully saturated rings. The molecule has 2 unspecified atom stereocenters. The van der Waals surface area contributed by atoms with Gasteiger partial charge < -0.3 is 20.3 Å². The van der Waals surface area contributed by atoms with Crippen LogP contribution in [-0.2, 0) is 14.3 Å². The number of carbonyl (C=O) groups excluding carboxylic acids is 2. The van der Waals surface area contributed by atoms with E-state index in [2.05, 4.69) is 55.6 Å². The van der Waals surface area contributed by atoms with Gasteiger partial charge in [0.1, 0.15) is 0 Å². The molecule has 0 aromatic heterocycles. The highest BCUT2D eigenvalue weighted by Crippen LogP contribution is 2.17. The lowest BCUT2D eigenvalue weighted by Gasteiger charge is -2.22. The van der Waals surface area contributed by atoms with Crippen molar-refractivity contribution in [2.24, 2.45) is 0 Å². The third-order valence-corrected chi connectivity index (χ3v) is 13.9. The summed E-state index contributed by atoms with van der Waals surface area (Å²) in [5.41, 5.74) is 0. The summed E-state index contributed by atoms with van der Waals surface area (Å²) < 4.78 is 5.49. The van der Waals surface area contributed by atoms with E-state index in [1.807, 2.05) is 0 Å². The highest BCUT2D eigenvalue weighted by Gasteiger charge is 2.20. The van der Waals surface area contributed by atoms with E-state index in [0.717, 1.165) is 51.4 Å². The van der Waals surface area contributed by atoms with Crippen LogP contribution in [0.4, 0.5) is 0 Å². The van der Waals surface area contributed by atoms with Crippen LogP contribution in [0.1, 0.15) is 322 Å². The van der Waals surface area contributed by atoms with Crippen molar-refractivity contribution in [2.75, 3.05) is 13.2 Å². The lowest BCUT2D eigenvalue weighted by Crippen LogP contribution is -2.45. The van der Waals surface area contributed by atoms with Crippen molar-refractivity contribution in [1.82, 2.24) is 5.32 Å². The van der Waals surface area contributed by atoms with Crippen LogP contribution in [0.25, 0.3) is 0 Å². The third-order valence-electron chi connectivity index (χ3n) is 13.9. The van der Waals surface area contributed by atoms with E-state index < -0.39 is 12.1 Å². The predicted octanol–water partition coefficient (Wildman–Crippen LogP) is 18.8. The molecule has 400 valence electrons. The van der Waals surface area contributed by atoms with Gasteiger partial charge in [-0.2, -0.15) is 0 Å². The molecule has 0 aliphatic carbocycles. The Morgan fingerprint density at radius 1 is 0.412 bits per heavy atom. The number of hydrogen-bond acceptors (Lipinski definition) is 5. The molecule has 68 heavy (non-hydrogen) atoms. The van der Waals surface area contributed by atoms with Gasteiger partial charge in [-0.25, -0.2) is 0 Å².